The summed E-state index contributed by atoms with van der Waals surface area (Å²) in [5.74, 6) is -0.102. The van der Waals surface area contributed by atoms with Crippen molar-refractivity contribution in [3.8, 4) is 0 Å². The molecule has 0 saturated carbocycles. The van der Waals surface area contributed by atoms with Crippen LogP contribution in [-0.4, -0.2) is 41.1 Å². The van der Waals surface area contributed by atoms with Gasteiger partial charge < -0.3 is 21.1 Å². The number of hydrogen-bond acceptors (Lipinski definition) is 5. The van der Waals surface area contributed by atoms with Gasteiger partial charge >= 0.3 is 5.97 Å². The molecule has 1 amide bonds. The maximum absolute atomic E-state index is 11.4. The Hall–Kier alpha value is -2.31. The number of nitrogen functional groups attached to an aromatic ring is 1. The molecule has 2 unspecified atom stereocenters. The molecular formula is C14H18N4O3. The topological polar surface area (TPSA) is 109 Å². The molecular weight excluding hydrogens is 272 g/mol. The highest BCUT2D eigenvalue weighted by Gasteiger charge is 2.35. The van der Waals surface area contributed by atoms with Crippen molar-refractivity contribution in [1.82, 2.24) is 10.3 Å². The average Bonchev–Trinajstić information content (AvgIpc) is 2.46. The first-order chi connectivity index (χ1) is 10.0. The van der Waals surface area contributed by atoms with Crippen LogP contribution in [0.1, 0.15) is 29.6 Å². The van der Waals surface area contributed by atoms with Gasteiger partial charge in [0.25, 0.3) is 0 Å². The first kappa shape index (κ1) is 13.7. The van der Waals surface area contributed by atoms with Crippen molar-refractivity contribution in [2.75, 3.05) is 23.7 Å². The van der Waals surface area contributed by atoms with Crippen LogP contribution in [0.2, 0.25) is 0 Å². The van der Waals surface area contributed by atoms with E-state index in [-0.39, 0.29) is 17.5 Å². The second-order valence-corrected chi connectivity index (χ2v) is 5.65. The minimum absolute atomic E-state index is 0.113. The van der Waals surface area contributed by atoms with Crippen LogP contribution in [0.5, 0.6) is 0 Å². The van der Waals surface area contributed by atoms with Gasteiger partial charge in [-0.1, -0.05) is 0 Å². The van der Waals surface area contributed by atoms with Gasteiger partial charge in [-0.05, 0) is 24.8 Å². The summed E-state index contributed by atoms with van der Waals surface area (Å²) in [4.78, 5) is 29.0. The molecule has 0 aliphatic carbocycles. The van der Waals surface area contributed by atoms with Crippen molar-refractivity contribution in [1.29, 1.82) is 0 Å². The van der Waals surface area contributed by atoms with Crippen LogP contribution in [0.3, 0.4) is 0 Å². The van der Waals surface area contributed by atoms with Crippen LogP contribution < -0.4 is 16.0 Å². The SMILES string of the molecule is Nc1cnc(N2CCC3NC(=O)CCC3C2)c(C(=O)O)c1. The highest BCUT2D eigenvalue weighted by Crippen LogP contribution is 2.30. The summed E-state index contributed by atoms with van der Waals surface area (Å²) in [6, 6.07) is 1.64. The number of nitrogens with zero attached hydrogens (tertiary/aromatic N) is 2. The Morgan fingerprint density at radius 1 is 1.48 bits per heavy atom. The summed E-state index contributed by atoms with van der Waals surface area (Å²) in [7, 11) is 0. The number of piperidine rings is 2. The fourth-order valence-electron chi connectivity index (χ4n) is 3.19. The fraction of sp³-hybridized carbons (Fsp3) is 0.500. The molecule has 0 spiro atoms. The van der Waals surface area contributed by atoms with E-state index in [9.17, 15) is 14.7 Å². The third kappa shape index (κ3) is 2.63. The summed E-state index contributed by atoms with van der Waals surface area (Å²) < 4.78 is 0. The molecule has 3 heterocycles. The minimum Gasteiger partial charge on any atom is -0.478 e. The average molecular weight is 290 g/mol. The summed E-state index contributed by atoms with van der Waals surface area (Å²) in [5, 5.41) is 12.3. The molecule has 7 heteroatoms. The molecule has 0 bridgehead atoms. The maximum atomic E-state index is 11.4. The van der Waals surface area contributed by atoms with Crippen LogP contribution in [0.15, 0.2) is 12.3 Å². The first-order valence-electron chi connectivity index (χ1n) is 7.07. The van der Waals surface area contributed by atoms with Crippen LogP contribution in [0, 0.1) is 5.92 Å². The molecule has 2 saturated heterocycles. The van der Waals surface area contributed by atoms with E-state index in [2.05, 4.69) is 10.3 Å². The van der Waals surface area contributed by atoms with Crippen molar-refractivity contribution in [3.63, 3.8) is 0 Å². The number of hydrogen-bond donors (Lipinski definition) is 3. The molecule has 2 atom stereocenters. The Bertz CT molecular complexity index is 590. The summed E-state index contributed by atoms with van der Waals surface area (Å²) in [6.07, 6.45) is 3.67. The van der Waals surface area contributed by atoms with E-state index in [1.54, 1.807) is 0 Å². The van der Waals surface area contributed by atoms with Gasteiger partial charge in [-0.15, -0.1) is 0 Å². The largest absolute Gasteiger partial charge is 0.478 e. The first-order valence-corrected chi connectivity index (χ1v) is 7.07. The number of carboxylic acid groups (broad SMARTS) is 1. The van der Waals surface area contributed by atoms with Gasteiger partial charge in [-0.25, -0.2) is 9.78 Å². The molecule has 0 radical (unpaired) electrons. The van der Waals surface area contributed by atoms with Crippen LogP contribution in [-0.2, 0) is 4.79 Å². The van der Waals surface area contributed by atoms with E-state index in [0.29, 0.717) is 36.9 Å². The number of carbonyl (C=O) groups is 2. The van der Waals surface area contributed by atoms with Crippen LogP contribution in [0.25, 0.3) is 0 Å². The van der Waals surface area contributed by atoms with Gasteiger partial charge in [0, 0.05) is 25.6 Å². The van der Waals surface area contributed by atoms with Gasteiger partial charge in [0.2, 0.25) is 5.91 Å². The molecule has 1 aromatic rings. The summed E-state index contributed by atoms with van der Waals surface area (Å²) in [5.41, 5.74) is 6.10. The predicted molar refractivity (Wildman–Crippen MR) is 77.1 cm³/mol. The standard InChI is InChI=1S/C14H18N4O3/c15-9-5-10(14(20)21)13(16-6-9)18-4-3-11-8(7-18)1-2-12(19)17-11/h5-6,8,11H,1-4,7,15H2,(H,17,19)(H,20,21). The highest BCUT2D eigenvalue weighted by atomic mass is 16.4. The molecule has 1 aromatic heterocycles. The van der Waals surface area contributed by atoms with E-state index >= 15 is 0 Å². The Balaban J connectivity index is 1.82. The van der Waals surface area contributed by atoms with Crippen molar-refractivity contribution in [2.24, 2.45) is 5.92 Å². The monoisotopic (exact) mass is 290 g/mol. The molecule has 21 heavy (non-hydrogen) atoms. The second-order valence-electron chi connectivity index (χ2n) is 5.65. The van der Waals surface area contributed by atoms with Gasteiger partial charge in [-0.3, -0.25) is 4.79 Å². The number of nitrogens with two attached hydrogens (primary N) is 1. The van der Waals surface area contributed by atoms with Crippen molar-refractivity contribution >= 4 is 23.4 Å². The Kier molecular flexibility index (Phi) is 3.40. The van der Waals surface area contributed by atoms with Crippen molar-refractivity contribution in [3.05, 3.63) is 17.8 Å². The zero-order chi connectivity index (χ0) is 15.0. The molecule has 2 fully saturated rings. The Morgan fingerprint density at radius 2 is 2.29 bits per heavy atom. The molecule has 112 valence electrons. The number of aromatic carboxylic acids is 1. The highest BCUT2D eigenvalue weighted by molar-refractivity contribution is 5.94. The second kappa shape index (κ2) is 5.23. The minimum atomic E-state index is -1.02. The lowest BCUT2D eigenvalue weighted by Gasteiger charge is -2.42. The smallest absolute Gasteiger partial charge is 0.339 e. The zero-order valence-corrected chi connectivity index (χ0v) is 11.6. The molecule has 2 aliphatic rings. The lowest BCUT2D eigenvalue weighted by atomic mass is 9.85. The molecule has 3 rings (SSSR count). The van der Waals surface area contributed by atoms with E-state index in [0.717, 1.165) is 12.8 Å². The predicted octanol–water partition coefficient (Wildman–Crippen LogP) is 0.467. The van der Waals surface area contributed by atoms with Crippen molar-refractivity contribution in [2.45, 2.75) is 25.3 Å². The van der Waals surface area contributed by atoms with Gasteiger partial charge in [0.15, 0.2) is 0 Å². The number of anilines is 2. The fourth-order valence-corrected chi connectivity index (χ4v) is 3.19. The number of aromatic nitrogens is 1. The number of carbonyl (C=O) groups excluding carboxylic acids is 1. The third-order valence-corrected chi connectivity index (χ3v) is 4.24. The number of carboxylic acids is 1. The summed E-state index contributed by atoms with van der Waals surface area (Å²) >= 11 is 0. The molecule has 0 aromatic carbocycles. The lowest BCUT2D eigenvalue weighted by Crippen LogP contribution is -2.54. The third-order valence-electron chi connectivity index (χ3n) is 4.24. The van der Waals surface area contributed by atoms with Gasteiger partial charge in [0.1, 0.15) is 11.4 Å². The Morgan fingerprint density at radius 3 is 3.05 bits per heavy atom. The van der Waals surface area contributed by atoms with Gasteiger partial charge in [-0.2, -0.15) is 0 Å². The van der Waals surface area contributed by atoms with E-state index < -0.39 is 5.97 Å². The molecule has 2 aliphatic heterocycles. The quantitative estimate of drug-likeness (QED) is 0.730. The maximum Gasteiger partial charge on any atom is 0.339 e. The van der Waals surface area contributed by atoms with Crippen LogP contribution >= 0.6 is 0 Å². The molecule has 4 N–H and O–H groups in total. The number of nitrogens with one attached hydrogen (secondary N) is 1. The Labute approximate surface area is 122 Å². The number of rotatable bonds is 2. The van der Waals surface area contributed by atoms with Gasteiger partial charge in [0.05, 0.1) is 11.9 Å². The lowest BCUT2D eigenvalue weighted by molar-refractivity contribution is -0.124. The number of fused-ring (bicyclic) bond motifs is 1. The van der Waals surface area contributed by atoms with Crippen LogP contribution in [0.4, 0.5) is 11.5 Å². The van der Waals surface area contributed by atoms with E-state index in [1.807, 2.05) is 4.90 Å². The summed E-state index contributed by atoms with van der Waals surface area (Å²) in [6.45, 7) is 1.39. The zero-order valence-electron chi connectivity index (χ0n) is 11.6. The van der Waals surface area contributed by atoms with E-state index in [1.165, 1.54) is 12.3 Å². The molecule has 7 nitrogen and oxygen atoms in total. The number of pyridine rings is 1. The normalized spacial score (nSPS) is 25.1. The van der Waals surface area contributed by atoms with Crippen molar-refractivity contribution < 1.29 is 14.7 Å². The number of amides is 1. The van der Waals surface area contributed by atoms with E-state index in [4.69, 9.17) is 5.73 Å².